The summed E-state index contributed by atoms with van der Waals surface area (Å²) in [7, 11) is 0. The number of nitrogens with one attached hydrogen (secondary N) is 2. The fraction of sp³-hybridized carbons (Fsp3) is 0.286. The zero-order valence-electron chi connectivity index (χ0n) is 16.0. The van der Waals surface area contributed by atoms with E-state index in [2.05, 4.69) is 22.8 Å². The Bertz CT molecular complexity index is 968. The van der Waals surface area contributed by atoms with Crippen LogP contribution in [-0.2, 0) is 32.0 Å². The van der Waals surface area contributed by atoms with E-state index in [9.17, 15) is 23.2 Å². The number of esters is 1. The number of ether oxygens (including phenoxy) is 1. The van der Waals surface area contributed by atoms with Gasteiger partial charge in [-0.15, -0.1) is 11.8 Å². The summed E-state index contributed by atoms with van der Waals surface area (Å²) in [5.74, 6) is -3.87. The number of benzene rings is 2. The minimum absolute atomic E-state index is 0.0585. The average molecular weight is 434 g/mol. The van der Waals surface area contributed by atoms with Crippen molar-refractivity contribution < 1.29 is 27.9 Å². The Labute approximate surface area is 176 Å². The Morgan fingerprint density at radius 2 is 1.77 bits per heavy atom. The molecule has 3 rings (SSSR count). The Balaban J connectivity index is 1.33. The van der Waals surface area contributed by atoms with Gasteiger partial charge in [-0.3, -0.25) is 14.4 Å². The number of halogens is 2. The fourth-order valence-electron chi connectivity index (χ4n) is 2.98. The monoisotopic (exact) mass is 434 g/mol. The third kappa shape index (κ3) is 6.28. The molecular weight excluding hydrogens is 414 g/mol. The van der Waals surface area contributed by atoms with E-state index in [0.717, 1.165) is 36.3 Å². The largest absolute Gasteiger partial charge is 0.455 e. The number of thioether (sulfide) groups is 1. The number of rotatable bonds is 8. The maximum atomic E-state index is 13.1. The molecule has 2 N–H and O–H groups in total. The Morgan fingerprint density at radius 1 is 0.967 bits per heavy atom. The molecule has 0 bridgehead atoms. The lowest BCUT2D eigenvalue weighted by molar-refractivity contribution is -0.146. The van der Waals surface area contributed by atoms with Gasteiger partial charge in [0.1, 0.15) is 0 Å². The van der Waals surface area contributed by atoms with Crippen molar-refractivity contribution in [1.82, 2.24) is 5.32 Å². The van der Waals surface area contributed by atoms with Crippen LogP contribution in [0.4, 0.5) is 14.5 Å². The Kier molecular flexibility index (Phi) is 7.40. The molecule has 0 spiro atoms. The third-order valence-corrected chi connectivity index (χ3v) is 5.41. The van der Waals surface area contributed by atoms with Gasteiger partial charge in [0.05, 0.1) is 12.3 Å². The Morgan fingerprint density at radius 3 is 2.57 bits per heavy atom. The highest BCUT2D eigenvalue weighted by atomic mass is 32.2. The second-order valence-corrected chi connectivity index (χ2v) is 7.74. The van der Waals surface area contributed by atoms with Crippen LogP contribution in [0.25, 0.3) is 0 Å². The van der Waals surface area contributed by atoms with Gasteiger partial charge < -0.3 is 15.4 Å². The van der Waals surface area contributed by atoms with Gasteiger partial charge in [-0.2, -0.15) is 0 Å². The predicted octanol–water partition coefficient (Wildman–Crippen LogP) is 2.84. The van der Waals surface area contributed by atoms with E-state index >= 15 is 0 Å². The van der Waals surface area contributed by atoms with E-state index in [-0.39, 0.29) is 11.4 Å². The summed E-state index contributed by atoms with van der Waals surface area (Å²) < 4.78 is 30.9. The first-order valence-corrected chi connectivity index (χ1v) is 10.3. The van der Waals surface area contributed by atoms with Crippen molar-refractivity contribution in [3.8, 4) is 0 Å². The maximum Gasteiger partial charge on any atom is 0.316 e. The van der Waals surface area contributed by atoms with Gasteiger partial charge in [-0.25, -0.2) is 8.78 Å². The summed E-state index contributed by atoms with van der Waals surface area (Å²) in [6, 6.07) is 9.03. The molecule has 30 heavy (non-hydrogen) atoms. The van der Waals surface area contributed by atoms with E-state index in [4.69, 9.17) is 4.74 Å². The minimum atomic E-state index is -1.10. The van der Waals surface area contributed by atoms with E-state index < -0.39 is 42.6 Å². The standard InChI is InChI=1S/C21H20F2N2O4S/c22-17-7-5-15(9-18(17)23)25-19(26)10-24-20(27)11-29-21(28)12-30-16-6-4-13-2-1-3-14(13)8-16/h4-9H,1-3,10-12H2,(H,24,27)(H,25,26). The second-order valence-electron chi connectivity index (χ2n) is 6.69. The highest BCUT2D eigenvalue weighted by Gasteiger charge is 2.13. The first-order valence-electron chi connectivity index (χ1n) is 9.32. The van der Waals surface area contributed by atoms with Crippen LogP contribution in [0.5, 0.6) is 0 Å². The molecule has 2 amide bonds. The van der Waals surface area contributed by atoms with Crippen LogP contribution in [0, 0.1) is 11.6 Å². The summed E-state index contributed by atoms with van der Waals surface area (Å²) in [4.78, 5) is 36.3. The van der Waals surface area contributed by atoms with Crippen molar-refractivity contribution in [3.05, 3.63) is 59.2 Å². The van der Waals surface area contributed by atoms with Crippen LogP contribution >= 0.6 is 11.8 Å². The van der Waals surface area contributed by atoms with E-state index in [1.165, 1.54) is 29.0 Å². The van der Waals surface area contributed by atoms with Crippen molar-refractivity contribution in [3.63, 3.8) is 0 Å². The van der Waals surface area contributed by atoms with Crippen molar-refractivity contribution >= 4 is 35.2 Å². The molecular formula is C21H20F2N2O4S. The summed E-state index contributed by atoms with van der Waals surface area (Å²) in [6.07, 6.45) is 3.30. The number of amides is 2. The van der Waals surface area contributed by atoms with Gasteiger partial charge in [-0.05, 0) is 54.7 Å². The van der Waals surface area contributed by atoms with Gasteiger partial charge in [0.25, 0.3) is 5.91 Å². The number of hydrogen-bond acceptors (Lipinski definition) is 5. The predicted molar refractivity (Wildman–Crippen MR) is 108 cm³/mol. The topological polar surface area (TPSA) is 84.5 Å². The lowest BCUT2D eigenvalue weighted by Gasteiger charge is -2.08. The summed E-state index contributed by atoms with van der Waals surface area (Å²) in [5.41, 5.74) is 2.73. The summed E-state index contributed by atoms with van der Waals surface area (Å²) in [6.45, 7) is -0.915. The average Bonchev–Trinajstić information content (AvgIpc) is 3.19. The van der Waals surface area contributed by atoms with Gasteiger partial charge in [-0.1, -0.05) is 6.07 Å². The van der Waals surface area contributed by atoms with Gasteiger partial charge in [0.2, 0.25) is 5.91 Å². The first kappa shape index (κ1) is 21.8. The number of hydrogen-bond donors (Lipinski definition) is 2. The smallest absolute Gasteiger partial charge is 0.316 e. The molecule has 0 atom stereocenters. The molecule has 1 aliphatic carbocycles. The molecule has 1 aliphatic rings. The fourth-order valence-corrected chi connectivity index (χ4v) is 3.73. The number of anilines is 1. The van der Waals surface area contributed by atoms with Crippen LogP contribution in [0.15, 0.2) is 41.3 Å². The van der Waals surface area contributed by atoms with Crippen molar-refractivity contribution in [2.24, 2.45) is 0 Å². The normalized spacial score (nSPS) is 12.2. The van der Waals surface area contributed by atoms with Crippen LogP contribution < -0.4 is 10.6 Å². The van der Waals surface area contributed by atoms with E-state index in [1.54, 1.807) is 0 Å². The van der Waals surface area contributed by atoms with Gasteiger partial charge in [0.15, 0.2) is 18.2 Å². The van der Waals surface area contributed by atoms with E-state index in [1.807, 2.05) is 6.07 Å². The molecule has 0 radical (unpaired) electrons. The Hall–Kier alpha value is -2.94. The molecule has 0 heterocycles. The molecule has 9 heteroatoms. The number of aryl methyl sites for hydroxylation is 2. The molecule has 158 valence electrons. The molecule has 0 saturated carbocycles. The quantitative estimate of drug-likeness (QED) is 0.493. The van der Waals surface area contributed by atoms with Crippen LogP contribution in [0.2, 0.25) is 0 Å². The zero-order valence-corrected chi connectivity index (χ0v) is 16.8. The molecule has 0 aromatic heterocycles. The lowest BCUT2D eigenvalue weighted by Crippen LogP contribution is -2.35. The number of carbonyl (C=O) groups is 3. The third-order valence-electron chi connectivity index (χ3n) is 4.44. The van der Waals surface area contributed by atoms with Crippen LogP contribution in [0.3, 0.4) is 0 Å². The van der Waals surface area contributed by atoms with Gasteiger partial charge >= 0.3 is 5.97 Å². The molecule has 0 aliphatic heterocycles. The first-order chi connectivity index (χ1) is 14.4. The molecule has 2 aromatic rings. The van der Waals surface area contributed by atoms with Crippen molar-refractivity contribution in [2.75, 3.05) is 24.2 Å². The van der Waals surface area contributed by atoms with Crippen molar-refractivity contribution in [1.29, 1.82) is 0 Å². The zero-order chi connectivity index (χ0) is 21.5. The molecule has 0 unspecified atom stereocenters. The lowest BCUT2D eigenvalue weighted by atomic mass is 10.1. The second kappa shape index (κ2) is 10.2. The molecule has 6 nitrogen and oxygen atoms in total. The summed E-state index contributed by atoms with van der Waals surface area (Å²) in [5, 5.41) is 4.60. The van der Waals surface area contributed by atoms with Crippen LogP contribution in [-0.4, -0.2) is 36.7 Å². The maximum absolute atomic E-state index is 13.1. The molecule has 0 saturated heterocycles. The highest BCUT2D eigenvalue weighted by Crippen LogP contribution is 2.27. The van der Waals surface area contributed by atoms with Gasteiger partial charge in [0, 0.05) is 16.6 Å². The number of fused-ring (bicyclic) bond motifs is 1. The summed E-state index contributed by atoms with van der Waals surface area (Å²) >= 11 is 1.34. The minimum Gasteiger partial charge on any atom is -0.455 e. The van der Waals surface area contributed by atoms with Crippen LogP contribution in [0.1, 0.15) is 17.5 Å². The molecule has 2 aromatic carbocycles. The van der Waals surface area contributed by atoms with E-state index in [0.29, 0.717) is 0 Å². The number of carbonyl (C=O) groups excluding carboxylic acids is 3. The highest BCUT2D eigenvalue weighted by molar-refractivity contribution is 8.00. The van der Waals surface area contributed by atoms with Crippen molar-refractivity contribution in [2.45, 2.75) is 24.2 Å². The molecule has 0 fully saturated rings. The SMILES string of the molecule is O=C(COC(=O)CSc1ccc2c(c1)CCC2)NCC(=O)Nc1ccc(F)c(F)c1.